The molecule has 1 aromatic carbocycles. The molecule has 1 heterocycles. The number of rotatable bonds is 2. The number of nitriles is 1. The van der Waals surface area contributed by atoms with E-state index in [2.05, 4.69) is 17.9 Å². The molecule has 0 radical (unpaired) electrons. The van der Waals surface area contributed by atoms with Crippen LogP contribution in [0.15, 0.2) is 24.3 Å². The van der Waals surface area contributed by atoms with Crippen LogP contribution >= 0.6 is 0 Å². The molecule has 0 aliphatic carbocycles. The lowest BCUT2D eigenvalue weighted by Crippen LogP contribution is -2.47. The van der Waals surface area contributed by atoms with Gasteiger partial charge in [0.15, 0.2) is 0 Å². The molecule has 1 saturated heterocycles. The van der Waals surface area contributed by atoms with Crippen molar-refractivity contribution in [1.29, 1.82) is 5.26 Å². The Morgan fingerprint density at radius 2 is 2.06 bits per heavy atom. The fraction of sp³-hybridized carbons (Fsp3) is 0.500. The van der Waals surface area contributed by atoms with E-state index in [9.17, 15) is 0 Å². The summed E-state index contributed by atoms with van der Waals surface area (Å²) in [6, 6.07) is 9.91. The van der Waals surface area contributed by atoms with E-state index in [1.54, 1.807) is 7.11 Å². The minimum absolute atomic E-state index is 0.0495. The molecule has 1 aromatic rings. The second-order valence-electron chi connectivity index (χ2n) is 4.84. The van der Waals surface area contributed by atoms with Gasteiger partial charge in [-0.1, -0.05) is 0 Å². The third-order valence-electron chi connectivity index (χ3n) is 3.51. The molecule has 1 aliphatic rings. The normalized spacial score (nSPS) is 24.4. The van der Waals surface area contributed by atoms with Crippen LogP contribution in [0.1, 0.15) is 25.3 Å². The second kappa shape index (κ2) is 4.77. The second-order valence-corrected chi connectivity index (χ2v) is 4.84. The first-order chi connectivity index (χ1) is 8.17. The lowest BCUT2D eigenvalue weighted by Gasteiger charge is -2.40. The van der Waals surface area contributed by atoms with Crippen LogP contribution in [-0.2, 0) is 4.74 Å². The number of hydrogen-bond donors (Lipinski definition) is 0. The molecule has 90 valence electrons. The predicted octanol–water partition coefficient (Wildman–Crippen LogP) is 2.56. The Hall–Kier alpha value is -1.53. The summed E-state index contributed by atoms with van der Waals surface area (Å²) in [5.41, 5.74) is 1.83. The van der Waals surface area contributed by atoms with Crippen LogP contribution in [-0.4, -0.2) is 25.8 Å². The first-order valence-electron chi connectivity index (χ1n) is 5.97. The maximum atomic E-state index is 8.78. The van der Waals surface area contributed by atoms with Gasteiger partial charge in [0.1, 0.15) is 0 Å². The number of ether oxygens (including phenoxy) is 1. The Balaban J connectivity index is 2.14. The highest BCUT2D eigenvalue weighted by atomic mass is 16.5. The van der Waals surface area contributed by atoms with E-state index < -0.39 is 0 Å². The summed E-state index contributed by atoms with van der Waals surface area (Å²) in [6.45, 7) is 4.13. The molecular weight excluding hydrogens is 212 g/mol. The highest BCUT2D eigenvalue weighted by molar-refractivity contribution is 5.50. The first kappa shape index (κ1) is 11.9. The Bertz CT molecular complexity index is 421. The van der Waals surface area contributed by atoms with Gasteiger partial charge in [-0.2, -0.15) is 5.26 Å². The van der Waals surface area contributed by atoms with Crippen molar-refractivity contribution in [1.82, 2.24) is 0 Å². The lowest BCUT2D eigenvalue weighted by molar-refractivity contribution is -0.00465. The van der Waals surface area contributed by atoms with Crippen molar-refractivity contribution in [2.45, 2.75) is 25.4 Å². The molecule has 0 amide bonds. The summed E-state index contributed by atoms with van der Waals surface area (Å²) in [7, 11) is 1.78. The van der Waals surface area contributed by atoms with Gasteiger partial charge in [0.25, 0.3) is 0 Å². The maximum absolute atomic E-state index is 8.78. The lowest BCUT2D eigenvalue weighted by atomic mass is 9.94. The van der Waals surface area contributed by atoms with E-state index in [1.807, 2.05) is 24.3 Å². The van der Waals surface area contributed by atoms with Crippen LogP contribution in [0.5, 0.6) is 0 Å². The van der Waals surface area contributed by atoms with Crippen molar-refractivity contribution in [3.05, 3.63) is 29.8 Å². The molecule has 0 N–H and O–H groups in total. The van der Waals surface area contributed by atoms with Gasteiger partial charge in [0.2, 0.25) is 0 Å². The summed E-state index contributed by atoms with van der Waals surface area (Å²) < 4.78 is 5.58. The molecule has 2 rings (SSSR count). The zero-order chi connectivity index (χ0) is 12.3. The zero-order valence-electron chi connectivity index (χ0n) is 10.4. The van der Waals surface area contributed by atoms with E-state index >= 15 is 0 Å². The molecule has 17 heavy (non-hydrogen) atoms. The molecule has 1 fully saturated rings. The number of hydrogen-bond acceptors (Lipinski definition) is 3. The van der Waals surface area contributed by atoms with Gasteiger partial charge in [0.05, 0.1) is 17.2 Å². The number of nitrogens with zero attached hydrogens (tertiary/aromatic N) is 2. The summed E-state index contributed by atoms with van der Waals surface area (Å²) in [5.74, 6) is 0. The van der Waals surface area contributed by atoms with Crippen molar-refractivity contribution < 1.29 is 4.74 Å². The van der Waals surface area contributed by atoms with Gasteiger partial charge < -0.3 is 9.64 Å². The fourth-order valence-corrected chi connectivity index (χ4v) is 2.34. The van der Waals surface area contributed by atoms with Crippen molar-refractivity contribution in [3.8, 4) is 6.07 Å². The third-order valence-corrected chi connectivity index (χ3v) is 3.51. The van der Waals surface area contributed by atoms with Gasteiger partial charge in [-0.25, -0.2) is 0 Å². The molecule has 3 heteroatoms. The monoisotopic (exact) mass is 230 g/mol. The molecular formula is C14H18N2O. The molecule has 0 saturated carbocycles. The van der Waals surface area contributed by atoms with Crippen molar-refractivity contribution in [3.63, 3.8) is 0 Å². The maximum Gasteiger partial charge on any atom is 0.0991 e. The van der Waals surface area contributed by atoms with Crippen LogP contribution in [0.3, 0.4) is 0 Å². The quantitative estimate of drug-likeness (QED) is 0.783. The minimum Gasteiger partial charge on any atom is -0.377 e. The standard InChI is InChI=1S/C14H18N2O/c1-14(17-2)8-3-9-16(11-14)13-6-4-12(10-15)5-7-13/h4-7H,3,8-9,11H2,1-2H3. The molecule has 0 aromatic heterocycles. The Labute approximate surface area is 103 Å². The fourth-order valence-electron chi connectivity index (χ4n) is 2.34. The van der Waals surface area contributed by atoms with E-state index in [0.717, 1.165) is 25.9 Å². The molecule has 1 atom stereocenters. The average molecular weight is 230 g/mol. The summed E-state index contributed by atoms with van der Waals surface area (Å²) in [4.78, 5) is 2.33. The van der Waals surface area contributed by atoms with Crippen molar-refractivity contribution in [2.75, 3.05) is 25.1 Å². The van der Waals surface area contributed by atoms with Gasteiger partial charge in [0, 0.05) is 25.9 Å². The largest absolute Gasteiger partial charge is 0.377 e. The Morgan fingerprint density at radius 3 is 2.65 bits per heavy atom. The highest BCUT2D eigenvalue weighted by Gasteiger charge is 2.30. The highest BCUT2D eigenvalue weighted by Crippen LogP contribution is 2.27. The number of piperidine rings is 1. The topological polar surface area (TPSA) is 36.3 Å². The number of anilines is 1. The molecule has 0 bridgehead atoms. The van der Waals surface area contributed by atoms with Crippen LogP contribution < -0.4 is 4.90 Å². The molecule has 1 unspecified atom stereocenters. The Kier molecular flexibility index (Phi) is 3.35. The summed E-state index contributed by atoms with van der Waals surface area (Å²) in [5, 5.41) is 8.78. The zero-order valence-corrected chi connectivity index (χ0v) is 10.4. The van der Waals surface area contributed by atoms with Gasteiger partial charge in [-0.3, -0.25) is 0 Å². The SMILES string of the molecule is COC1(C)CCCN(c2ccc(C#N)cc2)C1. The molecule has 3 nitrogen and oxygen atoms in total. The molecule has 1 aliphatic heterocycles. The van der Waals surface area contributed by atoms with E-state index in [4.69, 9.17) is 10.00 Å². The number of methoxy groups -OCH3 is 1. The summed E-state index contributed by atoms with van der Waals surface area (Å²) >= 11 is 0. The van der Waals surface area contributed by atoms with E-state index in [0.29, 0.717) is 5.56 Å². The Morgan fingerprint density at radius 1 is 1.35 bits per heavy atom. The first-order valence-corrected chi connectivity index (χ1v) is 5.97. The van der Waals surface area contributed by atoms with Crippen LogP contribution in [0, 0.1) is 11.3 Å². The number of benzene rings is 1. The van der Waals surface area contributed by atoms with Gasteiger partial charge in [-0.05, 0) is 44.0 Å². The van der Waals surface area contributed by atoms with Crippen LogP contribution in [0.4, 0.5) is 5.69 Å². The van der Waals surface area contributed by atoms with Gasteiger partial charge >= 0.3 is 0 Å². The van der Waals surface area contributed by atoms with Gasteiger partial charge in [-0.15, -0.1) is 0 Å². The van der Waals surface area contributed by atoms with E-state index in [1.165, 1.54) is 5.69 Å². The van der Waals surface area contributed by atoms with Crippen molar-refractivity contribution >= 4 is 5.69 Å². The smallest absolute Gasteiger partial charge is 0.0991 e. The third kappa shape index (κ3) is 2.59. The minimum atomic E-state index is -0.0495. The molecule has 0 spiro atoms. The predicted molar refractivity (Wildman–Crippen MR) is 68.0 cm³/mol. The average Bonchev–Trinajstić information content (AvgIpc) is 2.39. The van der Waals surface area contributed by atoms with Crippen LogP contribution in [0.2, 0.25) is 0 Å². The summed E-state index contributed by atoms with van der Waals surface area (Å²) in [6.07, 6.45) is 2.25. The van der Waals surface area contributed by atoms with Crippen LogP contribution in [0.25, 0.3) is 0 Å². The van der Waals surface area contributed by atoms with Crippen molar-refractivity contribution in [2.24, 2.45) is 0 Å². The van der Waals surface area contributed by atoms with E-state index in [-0.39, 0.29) is 5.60 Å².